The number of carbonyl (C=O) groups is 1. The van der Waals surface area contributed by atoms with Crippen LogP contribution in [-0.4, -0.2) is 83.4 Å². The molecule has 3 aromatic rings. The van der Waals surface area contributed by atoms with Crippen LogP contribution in [0.3, 0.4) is 0 Å². The van der Waals surface area contributed by atoms with Gasteiger partial charge in [0.2, 0.25) is 5.91 Å². The van der Waals surface area contributed by atoms with Crippen molar-refractivity contribution in [3.05, 3.63) is 60.4 Å². The number of hydrogen-bond acceptors (Lipinski definition) is 10. The Morgan fingerprint density at radius 3 is 2.90 bits per heavy atom. The third-order valence-electron chi connectivity index (χ3n) is 6.92. The number of fused-ring (bicyclic) bond motifs is 1. The number of likely N-dealkylation sites (tertiary alicyclic amines) is 1. The highest BCUT2D eigenvalue weighted by Gasteiger charge is 2.25. The second-order valence-electron chi connectivity index (χ2n) is 9.92. The number of hydrazine groups is 1. The van der Waals surface area contributed by atoms with Crippen LogP contribution in [0.1, 0.15) is 19.3 Å². The summed E-state index contributed by atoms with van der Waals surface area (Å²) in [6, 6.07) is 9.79. The molecule has 212 valence electrons. The number of aliphatic hydroxyl groups excluding tert-OH is 1. The molecule has 0 radical (unpaired) electrons. The lowest BCUT2D eigenvalue weighted by molar-refractivity contribution is -0.118. The Bertz CT molecular complexity index is 1390. The molecule has 0 saturated carbocycles. The molecule has 2 aliphatic rings. The number of benzene rings is 2. The number of aromatic nitrogens is 2. The molecule has 1 atom stereocenters. The van der Waals surface area contributed by atoms with Crippen LogP contribution in [0.5, 0.6) is 11.5 Å². The predicted molar refractivity (Wildman–Crippen MR) is 149 cm³/mol. The summed E-state index contributed by atoms with van der Waals surface area (Å²) in [5, 5.41) is 17.3. The number of nitrogens with one attached hydrogen (secondary N) is 1. The average Bonchev–Trinajstić information content (AvgIpc) is 3.32. The molecule has 40 heavy (non-hydrogen) atoms. The van der Waals surface area contributed by atoms with Crippen LogP contribution in [0, 0.1) is 5.82 Å². The molecule has 1 saturated heterocycles. The van der Waals surface area contributed by atoms with Crippen LogP contribution in [0.15, 0.2) is 54.6 Å². The molecule has 1 aromatic heterocycles. The number of nitrogens with two attached hydrogens (primary N) is 1. The van der Waals surface area contributed by atoms with Crippen molar-refractivity contribution in [2.45, 2.75) is 25.4 Å². The zero-order valence-corrected chi connectivity index (χ0v) is 22.4. The lowest BCUT2D eigenvalue weighted by Gasteiger charge is -2.29. The maximum Gasteiger partial charge on any atom is 0.239 e. The van der Waals surface area contributed by atoms with E-state index in [1.165, 1.54) is 18.5 Å². The van der Waals surface area contributed by atoms with Crippen LogP contribution in [0.25, 0.3) is 10.9 Å². The highest BCUT2D eigenvalue weighted by Crippen LogP contribution is 2.35. The van der Waals surface area contributed by atoms with E-state index in [1.807, 2.05) is 12.1 Å². The number of nitrogens with zero attached hydrogens (tertiary/aromatic N) is 5. The number of methoxy groups -OCH3 is 1. The summed E-state index contributed by atoms with van der Waals surface area (Å²) in [5.41, 5.74) is 7.44. The third kappa shape index (κ3) is 6.52. The van der Waals surface area contributed by atoms with Crippen molar-refractivity contribution < 1.29 is 23.8 Å². The van der Waals surface area contributed by atoms with Gasteiger partial charge in [-0.2, -0.15) is 0 Å². The molecule has 0 spiro atoms. The summed E-state index contributed by atoms with van der Waals surface area (Å²) in [7, 11) is 1.58. The maximum atomic E-state index is 13.9. The summed E-state index contributed by atoms with van der Waals surface area (Å²) in [4.78, 5) is 22.8. The molecule has 1 amide bonds. The Hall–Kier alpha value is -4.16. The van der Waals surface area contributed by atoms with Gasteiger partial charge < -0.3 is 30.5 Å². The van der Waals surface area contributed by atoms with Gasteiger partial charge in [0.1, 0.15) is 24.5 Å². The van der Waals surface area contributed by atoms with E-state index >= 15 is 0 Å². The van der Waals surface area contributed by atoms with E-state index in [9.17, 15) is 14.3 Å². The van der Waals surface area contributed by atoms with Crippen molar-refractivity contribution in [2.24, 2.45) is 5.73 Å². The number of rotatable bonds is 11. The van der Waals surface area contributed by atoms with Crippen molar-refractivity contribution >= 4 is 28.3 Å². The molecule has 0 bridgehead atoms. The van der Waals surface area contributed by atoms with Crippen LogP contribution in [0.2, 0.25) is 0 Å². The Morgan fingerprint density at radius 2 is 2.12 bits per heavy atom. The normalized spacial score (nSPS) is 17.7. The Morgan fingerprint density at radius 1 is 1.25 bits per heavy atom. The maximum absolute atomic E-state index is 13.9. The number of primary amides is 1. The first-order chi connectivity index (χ1) is 19.4. The Labute approximate surface area is 232 Å². The van der Waals surface area contributed by atoms with Crippen molar-refractivity contribution in [1.82, 2.24) is 19.9 Å². The van der Waals surface area contributed by atoms with Crippen molar-refractivity contribution in [1.29, 1.82) is 0 Å². The summed E-state index contributed by atoms with van der Waals surface area (Å²) in [6.45, 7) is 3.34. The van der Waals surface area contributed by atoms with Crippen molar-refractivity contribution in [2.75, 3.05) is 56.8 Å². The van der Waals surface area contributed by atoms with Gasteiger partial charge in [-0.1, -0.05) is 6.07 Å². The topological polar surface area (TPSA) is 129 Å². The Kier molecular flexibility index (Phi) is 8.46. The highest BCUT2D eigenvalue weighted by atomic mass is 19.1. The van der Waals surface area contributed by atoms with Gasteiger partial charge in [-0.3, -0.25) is 14.8 Å². The molecule has 0 aliphatic carbocycles. The van der Waals surface area contributed by atoms with Crippen LogP contribution in [0.4, 0.5) is 15.9 Å². The minimum absolute atomic E-state index is 0.0704. The second kappa shape index (κ2) is 12.3. The van der Waals surface area contributed by atoms with E-state index in [1.54, 1.807) is 35.5 Å². The van der Waals surface area contributed by atoms with E-state index in [-0.39, 0.29) is 18.5 Å². The number of carbonyl (C=O) groups excluding carboxylic acids is 1. The predicted octanol–water partition coefficient (Wildman–Crippen LogP) is 2.48. The van der Waals surface area contributed by atoms with Crippen molar-refractivity contribution in [3.8, 4) is 11.5 Å². The van der Waals surface area contributed by atoms with Gasteiger partial charge in [-0.15, -0.1) is 0 Å². The number of amides is 1. The molecule has 5 rings (SSSR count). The lowest BCUT2D eigenvalue weighted by atomic mass is 10.1. The van der Waals surface area contributed by atoms with Gasteiger partial charge in [0, 0.05) is 30.7 Å². The number of piperidine rings is 1. The monoisotopic (exact) mass is 551 g/mol. The number of hydrogen-bond donors (Lipinski definition) is 3. The molecule has 1 fully saturated rings. The second-order valence-corrected chi connectivity index (χ2v) is 9.92. The highest BCUT2D eigenvalue weighted by molar-refractivity contribution is 5.92. The first kappa shape index (κ1) is 27.4. The fourth-order valence-electron chi connectivity index (χ4n) is 5.07. The number of β-amino-alcohol motifs (C(OH)–C–C–N with tert-alkyl or cyclic N) is 1. The van der Waals surface area contributed by atoms with Crippen molar-refractivity contribution in [3.63, 3.8) is 0 Å². The molecule has 1 unspecified atom stereocenters. The standard InChI is InChI=1S/C28H34FN7O4/c1-39-25-12-23-24(13-26(25)40-10-4-9-34-8-3-7-22(37)16-34)31-18-32-28(23)33-20-14-35(17-27(30)38)36(15-20)21-6-2-5-19(29)11-21/h2,5-6,11-14,18,22,37H,3-4,7-10,15-17H2,1H3,(H2,30,38)(H,31,32,33). The van der Waals surface area contributed by atoms with Gasteiger partial charge in [-0.05, 0) is 50.1 Å². The molecule has 11 nitrogen and oxygen atoms in total. The SMILES string of the molecule is COc1cc2c(NC3=CN(CC(N)=O)N(c4cccc(F)c4)C3)ncnc2cc1OCCCN1CCCC(O)C1. The fourth-order valence-corrected chi connectivity index (χ4v) is 5.07. The van der Waals surface area contributed by atoms with Gasteiger partial charge >= 0.3 is 0 Å². The van der Waals surface area contributed by atoms with E-state index in [4.69, 9.17) is 15.2 Å². The largest absolute Gasteiger partial charge is 0.493 e. The molecule has 3 heterocycles. The number of ether oxygens (including phenoxy) is 2. The van der Waals surface area contributed by atoms with Crippen LogP contribution >= 0.6 is 0 Å². The lowest BCUT2D eigenvalue weighted by Crippen LogP contribution is -2.41. The van der Waals surface area contributed by atoms with Crippen LogP contribution in [-0.2, 0) is 4.79 Å². The Balaban J connectivity index is 1.30. The first-order valence-electron chi connectivity index (χ1n) is 13.3. The molecule has 4 N–H and O–H groups in total. The van der Waals surface area contributed by atoms with E-state index in [0.29, 0.717) is 48.2 Å². The van der Waals surface area contributed by atoms with E-state index in [2.05, 4.69) is 20.2 Å². The molecular formula is C28H34FN7O4. The van der Waals surface area contributed by atoms with Gasteiger partial charge in [0.05, 0.1) is 43.3 Å². The third-order valence-corrected chi connectivity index (χ3v) is 6.92. The molecule has 12 heteroatoms. The van der Waals surface area contributed by atoms with Gasteiger partial charge in [-0.25, -0.2) is 14.4 Å². The average molecular weight is 552 g/mol. The number of anilines is 2. The van der Waals surface area contributed by atoms with Crippen LogP contribution < -0.4 is 25.5 Å². The fraction of sp³-hybridized carbons (Fsp3) is 0.393. The summed E-state index contributed by atoms with van der Waals surface area (Å²) in [6.07, 6.45) is 5.67. The summed E-state index contributed by atoms with van der Waals surface area (Å²) in [5.74, 6) is 0.788. The quantitative estimate of drug-likeness (QED) is 0.306. The minimum Gasteiger partial charge on any atom is -0.493 e. The van der Waals surface area contributed by atoms with Gasteiger partial charge in [0.15, 0.2) is 11.5 Å². The first-order valence-corrected chi connectivity index (χ1v) is 13.3. The van der Waals surface area contributed by atoms with E-state index in [0.717, 1.165) is 43.4 Å². The zero-order valence-electron chi connectivity index (χ0n) is 22.4. The zero-order chi connectivity index (χ0) is 28.1. The minimum atomic E-state index is -0.517. The smallest absolute Gasteiger partial charge is 0.239 e. The number of halogens is 1. The molecule has 2 aromatic carbocycles. The molecule has 2 aliphatic heterocycles. The van der Waals surface area contributed by atoms with Gasteiger partial charge in [0.25, 0.3) is 0 Å². The number of aliphatic hydroxyl groups is 1. The van der Waals surface area contributed by atoms with E-state index < -0.39 is 5.91 Å². The summed E-state index contributed by atoms with van der Waals surface area (Å²) >= 11 is 0. The summed E-state index contributed by atoms with van der Waals surface area (Å²) < 4.78 is 25.6. The molecular weight excluding hydrogens is 517 g/mol.